The lowest BCUT2D eigenvalue weighted by Crippen LogP contribution is -2.52. The number of thiazole rings is 1. The molecule has 3 rings (SSSR count). The predicted molar refractivity (Wildman–Crippen MR) is 105 cm³/mol. The third-order valence-electron chi connectivity index (χ3n) is 3.80. The largest absolute Gasteiger partial charge is 0.337 e. The fraction of sp³-hybridized carbons (Fsp3) is 0.375. The second-order valence-electron chi connectivity index (χ2n) is 5.47. The van der Waals surface area contributed by atoms with Gasteiger partial charge in [0.1, 0.15) is 5.01 Å². The van der Waals surface area contributed by atoms with E-state index in [9.17, 15) is 4.79 Å². The normalized spacial score (nSPS) is 16.9. The second kappa shape index (κ2) is 9.59. The first-order valence-corrected chi connectivity index (χ1v) is 8.60. The molecule has 1 fully saturated rings. The molecule has 0 radical (unpaired) electrons. The van der Waals surface area contributed by atoms with E-state index in [4.69, 9.17) is 11.6 Å². The van der Waals surface area contributed by atoms with Crippen LogP contribution in [0.2, 0.25) is 5.02 Å². The lowest BCUT2D eigenvalue weighted by molar-refractivity contribution is -0.133. The summed E-state index contributed by atoms with van der Waals surface area (Å²) < 4.78 is 0. The van der Waals surface area contributed by atoms with Crippen LogP contribution in [0.15, 0.2) is 29.6 Å². The molecule has 1 amide bonds. The van der Waals surface area contributed by atoms with Crippen LogP contribution in [0.4, 0.5) is 0 Å². The Morgan fingerprint density at radius 1 is 1.38 bits per heavy atom. The van der Waals surface area contributed by atoms with Crippen LogP contribution in [0.3, 0.4) is 0 Å². The van der Waals surface area contributed by atoms with E-state index in [1.807, 2.05) is 34.5 Å². The van der Waals surface area contributed by atoms with Gasteiger partial charge in [-0.15, -0.1) is 36.2 Å². The van der Waals surface area contributed by atoms with Crippen LogP contribution < -0.4 is 5.32 Å². The highest BCUT2D eigenvalue weighted by atomic mass is 35.5. The third kappa shape index (κ3) is 5.07. The van der Waals surface area contributed by atoms with Gasteiger partial charge in [-0.25, -0.2) is 4.98 Å². The molecule has 2 aromatic rings. The standard InChI is InChI=1S/C16H18ClN3OS.2ClH/c1-11-9-18-6-7-20(11)15(21)8-14-10-22-16(19-14)12-2-4-13(17)5-3-12;;/h2-5,10-11,18H,6-9H2,1H3;2*1H/t11-;;/m0../s1. The van der Waals surface area contributed by atoms with E-state index < -0.39 is 0 Å². The van der Waals surface area contributed by atoms with Crippen molar-refractivity contribution in [3.63, 3.8) is 0 Å². The highest BCUT2D eigenvalue weighted by molar-refractivity contribution is 7.13. The Kier molecular flexibility index (Phi) is 8.46. The highest BCUT2D eigenvalue weighted by Crippen LogP contribution is 2.25. The molecule has 132 valence electrons. The first-order chi connectivity index (χ1) is 10.6. The molecule has 0 bridgehead atoms. The highest BCUT2D eigenvalue weighted by Gasteiger charge is 2.23. The zero-order valence-corrected chi connectivity index (χ0v) is 16.4. The van der Waals surface area contributed by atoms with Gasteiger partial charge in [-0.1, -0.05) is 23.7 Å². The lowest BCUT2D eigenvalue weighted by Gasteiger charge is -2.33. The zero-order valence-electron chi connectivity index (χ0n) is 13.2. The van der Waals surface area contributed by atoms with Crippen molar-refractivity contribution in [2.75, 3.05) is 19.6 Å². The molecule has 1 aliphatic rings. The van der Waals surface area contributed by atoms with Crippen molar-refractivity contribution in [1.29, 1.82) is 0 Å². The van der Waals surface area contributed by atoms with Gasteiger partial charge in [0.05, 0.1) is 12.1 Å². The Balaban J connectivity index is 0.00000144. The molecule has 1 aromatic carbocycles. The third-order valence-corrected chi connectivity index (χ3v) is 4.99. The first kappa shape index (κ1) is 21.2. The average Bonchev–Trinajstić information content (AvgIpc) is 2.97. The van der Waals surface area contributed by atoms with Crippen LogP contribution in [0.5, 0.6) is 0 Å². The molecule has 24 heavy (non-hydrogen) atoms. The average molecular weight is 409 g/mol. The van der Waals surface area contributed by atoms with Crippen LogP contribution in [0.25, 0.3) is 10.6 Å². The fourth-order valence-corrected chi connectivity index (χ4v) is 3.53. The van der Waals surface area contributed by atoms with Crippen molar-refractivity contribution in [2.24, 2.45) is 0 Å². The monoisotopic (exact) mass is 407 g/mol. The van der Waals surface area contributed by atoms with Crippen LogP contribution in [0, 0.1) is 0 Å². The fourth-order valence-electron chi connectivity index (χ4n) is 2.58. The number of halogens is 3. The maximum absolute atomic E-state index is 12.4. The maximum Gasteiger partial charge on any atom is 0.228 e. The Morgan fingerprint density at radius 3 is 2.75 bits per heavy atom. The number of carbonyl (C=O) groups is 1. The minimum absolute atomic E-state index is 0. The van der Waals surface area contributed by atoms with Crippen molar-refractivity contribution in [3.8, 4) is 10.6 Å². The quantitative estimate of drug-likeness (QED) is 0.843. The molecule has 0 spiro atoms. The van der Waals surface area contributed by atoms with E-state index in [0.717, 1.165) is 35.9 Å². The van der Waals surface area contributed by atoms with E-state index >= 15 is 0 Å². The van der Waals surface area contributed by atoms with E-state index in [1.54, 1.807) is 11.3 Å². The number of rotatable bonds is 3. The van der Waals surface area contributed by atoms with Gasteiger partial charge in [0.15, 0.2) is 0 Å². The molecule has 1 atom stereocenters. The maximum atomic E-state index is 12.4. The number of hydrogen-bond donors (Lipinski definition) is 1. The van der Waals surface area contributed by atoms with E-state index in [2.05, 4.69) is 17.2 Å². The minimum Gasteiger partial charge on any atom is -0.337 e. The Bertz CT molecular complexity index is 663. The van der Waals surface area contributed by atoms with Crippen LogP contribution in [0.1, 0.15) is 12.6 Å². The van der Waals surface area contributed by atoms with Crippen LogP contribution in [-0.4, -0.2) is 41.5 Å². The van der Waals surface area contributed by atoms with Gasteiger partial charge in [-0.3, -0.25) is 4.79 Å². The number of carbonyl (C=O) groups excluding carboxylic acids is 1. The van der Waals surface area contributed by atoms with Crippen molar-refractivity contribution in [1.82, 2.24) is 15.2 Å². The number of benzene rings is 1. The molecule has 4 nitrogen and oxygen atoms in total. The van der Waals surface area contributed by atoms with Crippen molar-refractivity contribution < 1.29 is 4.79 Å². The minimum atomic E-state index is 0. The number of nitrogens with zero attached hydrogens (tertiary/aromatic N) is 2. The van der Waals surface area contributed by atoms with Gasteiger partial charge in [0.25, 0.3) is 0 Å². The summed E-state index contributed by atoms with van der Waals surface area (Å²) in [5, 5.41) is 6.90. The SMILES string of the molecule is C[C@H]1CNCCN1C(=O)Cc1csc(-c2ccc(Cl)cc2)n1.Cl.Cl. The number of piperazine rings is 1. The zero-order chi connectivity index (χ0) is 15.5. The first-order valence-electron chi connectivity index (χ1n) is 7.34. The summed E-state index contributed by atoms with van der Waals surface area (Å²) in [6, 6.07) is 7.85. The molecule has 1 aromatic heterocycles. The topological polar surface area (TPSA) is 45.2 Å². The smallest absolute Gasteiger partial charge is 0.228 e. The van der Waals surface area contributed by atoms with Gasteiger partial charge in [0, 0.05) is 41.6 Å². The molecule has 8 heteroatoms. The lowest BCUT2D eigenvalue weighted by atomic mass is 10.2. The number of aromatic nitrogens is 1. The summed E-state index contributed by atoms with van der Waals surface area (Å²) >= 11 is 7.46. The molecule has 2 heterocycles. The molecule has 1 saturated heterocycles. The summed E-state index contributed by atoms with van der Waals surface area (Å²) in [5.74, 6) is 0.155. The van der Waals surface area contributed by atoms with Gasteiger partial charge in [-0.05, 0) is 19.1 Å². The summed E-state index contributed by atoms with van der Waals surface area (Å²) in [7, 11) is 0. The Labute approximate surface area is 163 Å². The molecule has 1 N–H and O–H groups in total. The van der Waals surface area contributed by atoms with Gasteiger partial charge in [0.2, 0.25) is 5.91 Å². The summed E-state index contributed by atoms with van der Waals surface area (Å²) in [5.41, 5.74) is 1.87. The van der Waals surface area contributed by atoms with Crippen LogP contribution >= 0.6 is 47.8 Å². The van der Waals surface area contributed by atoms with E-state index in [-0.39, 0.29) is 36.8 Å². The molecule has 0 unspecified atom stereocenters. The van der Waals surface area contributed by atoms with Crippen molar-refractivity contribution in [2.45, 2.75) is 19.4 Å². The molecular weight excluding hydrogens is 389 g/mol. The van der Waals surface area contributed by atoms with Crippen molar-refractivity contribution >= 4 is 53.7 Å². The van der Waals surface area contributed by atoms with Gasteiger partial charge < -0.3 is 10.2 Å². The molecule has 0 aliphatic carbocycles. The number of amides is 1. The molecule has 0 saturated carbocycles. The summed E-state index contributed by atoms with van der Waals surface area (Å²) in [6.07, 6.45) is 0.369. The Hall–Kier alpha value is -0.850. The van der Waals surface area contributed by atoms with E-state index in [0.29, 0.717) is 11.4 Å². The second-order valence-corrected chi connectivity index (χ2v) is 6.76. The molecular formula is C16H20Cl3N3OS. The van der Waals surface area contributed by atoms with Gasteiger partial charge >= 0.3 is 0 Å². The number of hydrogen-bond acceptors (Lipinski definition) is 4. The summed E-state index contributed by atoms with van der Waals surface area (Å²) in [6.45, 7) is 4.57. The molecule has 1 aliphatic heterocycles. The van der Waals surface area contributed by atoms with Crippen molar-refractivity contribution in [3.05, 3.63) is 40.4 Å². The predicted octanol–water partition coefficient (Wildman–Crippen LogP) is 3.67. The summed E-state index contributed by atoms with van der Waals surface area (Å²) in [4.78, 5) is 18.9. The van der Waals surface area contributed by atoms with Gasteiger partial charge in [-0.2, -0.15) is 0 Å². The number of nitrogens with one attached hydrogen (secondary N) is 1. The van der Waals surface area contributed by atoms with E-state index in [1.165, 1.54) is 0 Å². The Morgan fingerprint density at radius 2 is 2.08 bits per heavy atom. The van der Waals surface area contributed by atoms with Crippen LogP contribution in [-0.2, 0) is 11.2 Å².